The van der Waals surface area contributed by atoms with E-state index >= 15 is 0 Å². The van der Waals surface area contributed by atoms with Crippen LogP contribution in [0.5, 0.6) is 0 Å². The van der Waals surface area contributed by atoms with Crippen LogP contribution in [-0.2, 0) is 38.8 Å². The van der Waals surface area contributed by atoms with Gasteiger partial charge in [-0.1, -0.05) is 77.6 Å². The van der Waals surface area contributed by atoms with Crippen molar-refractivity contribution in [2.75, 3.05) is 11.9 Å². The Kier molecular flexibility index (Phi) is 20.4. The first-order valence-electron chi connectivity index (χ1n) is 21.9. The van der Waals surface area contributed by atoms with Gasteiger partial charge in [-0.2, -0.15) is 9.98 Å². The summed E-state index contributed by atoms with van der Waals surface area (Å²) in [5.74, 6) is -9.47. The first kappa shape index (κ1) is 54.9. The maximum atomic E-state index is 14.9. The van der Waals surface area contributed by atoms with Gasteiger partial charge in [0.05, 0.1) is 24.4 Å². The third-order valence-electron chi connectivity index (χ3n) is 11.0. The van der Waals surface area contributed by atoms with Gasteiger partial charge in [-0.3, -0.25) is 43.9 Å². The summed E-state index contributed by atoms with van der Waals surface area (Å²) in [6.07, 6.45) is 2.81. The SMILES string of the molecule is CCC(C)C(NC(=O)C(CC(C)C)(NC(=O)c1cnccn1)NS(=O)(=O)c1nnc(NC(=O)c2ccc(C#N)cc2)s1)C(=O)NC(CC1CCCCC1)C(=O)NC(CC(F)F)C(=O)C(=O)NCC=O. The molecular weight excluding hydrogens is 947 g/mol. The third-order valence-corrected chi connectivity index (χ3v) is 13.7. The van der Waals surface area contributed by atoms with Crippen LogP contribution in [0.2, 0.25) is 0 Å². The zero-order valence-electron chi connectivity index (χ0n) is 38.1. The molecule has 372 valence electrons. The summed E-state index contributed by atoms with van der Waals surface area (Å²) in [5.41, 5.74) is -2.58. The van der Waals surface area contributed by atoms with Gasteiger partial charge in [0.1, 0.15) is 30.1 Å². The minimum absolute atomic E-state index is 0.0330. The quantitative estimate of drug-likeness (QED) is 0.0276. The van der Waals surface area contributed by atoms with E-state index in [1.165, 1.54) is 36.7 Å². The Morgan fingerprint density at radius 3 is 2.20 bits per heavy atom. The average Bonchev–Trinajstić information content (AvgIpc) is 3.81. The van der Waals surface area contributed by atoms with Crippen molar-refractivity contribution in [1.29, 1.82) is 5.26 Å². The molecule has 4 rings (SSSR count). The van der Waals surface area contributed by atoms with E-state index in [4.69, 9.17) is 5.26 Å². The predicted molar refractivity (Wildman–Crippen MR) is 242 cm³/mol. The molecule has 5 unspecified atom stereocenters. The largest absolute Gasteiger partial charge is 0.344 e. The number of carbonyl (C=O) groups excluding carboxylic acids is 8. The van der Waals surface area contributed by atoms with Crippen molar-refractivity contribution in [3.8, 4) is 6.07 Å². The van der Waals surface area contributed by atoms with Crippen LogP contribution >= 0.6 is 11.3 Å². The number of rotatable bonds is 25. The summed E-state index contributed by atoms with van der Waals surface area (Å²) in [4.78, 5) is 114. The lowest BCUT2D eigenvalue weighted by molar-refractivity contribution is -0.141. The summed E-state index contributed by atoms with van der Waals surface area (Å²) in [7, 11) is -4.98. The van der Waals surface area contributed by atoms with Gasteiger partial charge in [-0.15, -0.1) is 10.2 Å². The lowest BCUT2D eigenvalue weighted by atomic mass is 9.84. The smallest absolute Gasteiger partial charge is 0.289 e. The zero-order chi connectivity index (χ0) is 50.9. The molecular formula is C43H54F2N12O10S2. The Morgan fingerprint density at radius 1 is 0.928 bits per heavy atom. The molecule has 2 heterocycles. The number of anilines is 1. The van der Waals surface area contributed by atoms with E-state index in [9.17, 15) is 55.6 Å². The number of alkyl halides is 2. The molecule has 1 aromatic carbocycles. The molecule has 5 atom stereocenters. The number of ketones is 1. The van der Waals surface area contributed by atoms with Crippen LogP contribution in [0.25, 0.3) is 0 Å². The number of halogens is 2. The zero-order valence-corrected chi connectivity index (χ0v) is 39.8. The molecule has 6 amide bonds. The number of hydrogen-bond acceptors (Lipinski definition) is 16. The van der Waals surface area contributed by atoms with Crippen LogP contribution in [-0.4, -0.2) is 113 Å². The lowest BCUT2D eigenvalue weighted by Crippen LogP contribution is -2.71. The van der Waals surface area contributed by atoms with Crippen molar-refractivity contribution in [3.05, 3.63) is 59.7 Å². The molecule has 2 aromatic heterocycles. The minimum Gasteiger partial charge on any atom is -0.344 e. The highest BCUT2D eigenvalue weighted by molar-refractivity contribution is 7.91. The van der Waals surface area contributed by atoms with E-state index in [2.05, 4.69) is 51.5 Å². The predicted octanol–water partition coefficient (Wildman–Crippen LogP) is 1.91. The molecule has 69 heavy (non-hydrogen) atoms. The fourth-order valence-electron chi connectivity index (χ4n) is 7.39. The maximum absolute atomic E-state index is 14.9. The Morgan fingerprint density at radius 2 is 1.61 bits per heavy atom. The van der Waals surface area contributed by atoms with Crippen molar-refractivity contribution in [2.24, 2.45) is 17.8 Å². The lowest BCUT2D eigenvalue weighted by Gasteiger charge is -2.37. The number of nitrogens with one attached hydrogen (secondary N) is 7. The number of nitrogens with zero attached hydrogens (tertiary/aromatic N) is 5. The van der Waals surface area contributed by atoms with Gasteiger partial charge in [0, 0.05) is 24.4 Å². The molecule has 0 bridgehead atoms. The van der Waals surface area contributed by atoms with Gasteiger partial charge in [0.2, 0.25) is 33.5 Å². The summed E-state index contributed by atoms with van der Waals surface area (Å²) >= 11 is 0.397. The van der Waals surface area contributed by atoms with Crippen LogP contribution in [0.1, 0.15) is 112 Å². The van der Waals surface area contributed by atoms with E-state index < -0.39 is 117 Å². The minimum atomic E-state index is -4.98. The normalized spacial score (nSPS) is 15.5. The number of aromatic nitrogens is 4. The molecule has 1 saturated carbocycles. The van der Waals surface area contributed by atoms with Gasteiger partial charge in [-0.25, -0.2) is 22.2 Å². The summed E-state index contributed by atoms with van der Waals surface area (Å²) in [6.45, 7) is 5.86. The second kappa shape index (κ2) is 25.6. The monoisotopic (exact) mass is 1000 g/mol. The highest BCUT2D eigenvalue weighted by Crippen LogP contribution is 2.29. The number of sulfonamides is 1. The fourth-order valence-corrected chi connectivity index (χ4v) is 9.58. The number of carbonyl (C=O) groups is 8. The Labute approximate surface area is 400 Å². The second-order valence-corrected chi connectivity index (χ2v) is 19.6. The number of nitriles is 1. The molecule has 0 spiro atoms. The first-order chi connectivity index (χ1) is 32.7. The first-order valence-corrected chi connectivity index (χ1v) is 24.2. The van der Waals surface area contributed by atoms with Gasteiger partial charge in [0.15, 0.2) is 5.66 Å². The van der Waals surface area contributed by atoms with E-state index in [1.54, 1.807) is 27.7 Å². The van der Waals surface area contributed by atoms with Gasteiger partial charge in [-0.05, 0) is 54.9 Å². The number of Topliss-reactive ketones (excluding diaryl/α,β-unsaturated/α-hetero) is 1. The van der Waals surface area contributed by atoms with E-state index in [1.807, 2.05) is 11.4 Å². The molecule has 22 nitrogen and oxygen atoms in total. The fraction of sp³-hybridized carbons (Fsp3) is 0.512. The van der Waals surface area contributed by atoms with Crippen LogP contribution in [0.4, 0.5) is 13.9 Å². The Bertz CT molecular complexity index is 2470. The van der Waals surface area contributed by atoms with Crippen LogP contribution < -0.4 is 36.6 Å². The summed E-state index contributed by atoms with van der Waals surface area (Å²) in [6, 6.07) is 2.31. The molecule has 1 fully saturated rings. The van der Waals surface area contributed by atoms with Crippen LogP contribution in [0.3, 0.4) is 0 Å². The van der Waals surface area contributed by atoms with Crippen LogP contribution in [0.15, 0.2) is 47.2 Å². The van der Waals surface area contributed by atoms with E-state index in [-0.39, 0.29) is 47.0 Å². The number of aldehydes is 1. The highest BCUT2D eigenvalue weighted by Gasteiger charge is 2.47. The number of amides is 6. The molecule has 0 saturated heterocycles. The molecule has 1 aliphatic rings. The topological polar surface area (TPSA) is 330 Å². The highest BCUT2D eigenvalue weighted by atomic mass is 32.2. The third kappa shape index (κ3) is 15.9. The molecule has 0 aliphatic heterocycles. The number of hydrogen-bond donors (Lipinski definition) is 7. The Hall–Kier alpha value is -6.72. The molecule has 3 aromatic rings. The van der Waals surface area contributed by atoms with Crippen molar-refractivity contribution < 1.29 is 55.6 Å². The van der Waals surface area contributed by atoms with Gasteiger partial charge in [0.25, 0.3) is 33.7 Å². The van der Waals surface area contributed by atoms with Crippen molar-refractivity contribution >= 4 is 74.0 Å². The second-order valence-electron chi connectivity index (χ2n) is 16.7. The van der Waals surface area contributed by atoms with Crippen molar-refractivity contribution in [2.45, 2.75) is 120 Å². The van der Waals surface area contributed by atoms with E-state index in [0.29, 0.717) is 24.2 Å². The average molecular weight is 1000 g/mol. The molecule has 26 heteroatoms. The van der Waals surface area contributed by atoms with E-state index in [0.717, 1.165) is 25.5 Å². The number of benzene rings is 1. The van der Waals surface area contributed by atoms with Crippen LogP contribution in [0, 0.1) is 29.1 Å². The maximum Gasteiger partial charge on any atom is 0.289 e. The standard InChI is InChI=1S/C43H54F2N12O10S2/c1-5-25(4)33(38(63)51-30(19-26-9-7-6-8-10-26)36(61)50-29(20-32(44)45)34(59)39(64)49-17-18-58)52-40(65)43(21-24(2)3,54-37(62)31-23-47-15-16-48-31)57-69(66,67)42-56-55-41(68-42)53-35(60)28-13-11-27(22-46)12-14-28/h11-16,18,23-26,29-30,32-33,57H,5-10,17,19-21H2,1-4H3,(H,49,64)(H,50,61)(H,51,63)(H,52,65)(H,54,62)(H,53,55,60). The molecule has 1 aliphatic carbocycles. The summed E-state index contributed by atoms with van der Waals surface area (Å²) in [5, 5.41) is 30.4. The summed E-state index contributed by atoms with van der Waals surface area (Å²) < 4.78 is 57.5. The molecule has 0 radical (unpaired) electrons. The van der Waals surface area contributed by atoms with Crippen molar-refractivity contribution in [1.82, 2.24) is 51.5 Å². The molecule has 7 N–H and O–H groups in total. The van der Waals surface area contributed by atoms with Gasteiger partial charge >= 0.3 is 0 Å². The van der Waals surface area contributed by atoms with Crippen molar-refractivity contribution in [3.63, 3.8) is 0 Å². The van der Waals surface area contributed by atoms with Gasteiger partial charge < -0.3 is 31.4 Å². The Balaban J connectivity index is 1.71.